The van der Waals surface area contributed by atoms with Crippen LogP contribution < -0.4 is 5.32 Å². The molecular formula is C24H43NO4. The van der Waals surface area contributed by atoms with Crippen molar-refractivity contribution in [2.45, 2.75) is 97.6 Å². The molecule has 2 saturated carbocycles. The lowest BCUT2D eigenvalue weighted by molar-refractivity contribution is -0.127. The second-order valence-corrected chi connectivity index (χ2v) is 9.77. The molecule has 0 radical (unpaired) electrons. The first-order valence-electron chi connectivity index (χ1n) is 11.9. The largest absolute Gasteiger partial charge is 0.381 e. The quantitative estimate of drug-likeness (QED) is 0.509. The Bertz CT molecular complexity index is 489. The summed E-state index contributed by atoms with van der Waals surface area (Å²) in [6.45, 7) is 10.3. The zero-order valence-corrected chi connectivity index (χ0v) is 19.1. The van der Waals surface area contributed by atoms with Crippen molar-refractivity contribution in [2.24, 2.45) is 23.7 Å². The highest BCUT2D eigenvalue weighted by molar-refractivity contribution is 5.83. The third-order valence-electron chi connectivity index (χ3n) is 6.52. The van der Waals surface area contributed by atoms with Gasteiger partial charge in [-0.25, -0.2) is 0 Å². The van der Waals surface area contributed by atoms with Crippen LogP contribution >= 0.6 is 0 Å². The van der Waals surface area contributed by atoms with Crippen LogP contribution in [0.5, 0.6) is 0 Å². The maximum atomic E-state index is 12.2. The minimum absolute atomic E-state index is 0.0816. The van der Waals surface area contributed by atoms with Gasteiger partial charge >= 0.3 is 0 Å². The number of ether oxygens (including phenoxy) is 2. The van der Waals surface area contributed by atoms with Gasteiger partial charge in [0.2, 0.25) is 5.91 Å². The lowest BCUT2D eigenvalue weighted by atomic mass is 9.80. The van der Waals surface area contributed by atoms with Crippen molar-refractivity contribution in [3.63, 3.8) is 0 Å². The molecule has 0 aliphatic heterocycles. The minimum atomic E-state index is 0.0816. The van der Waals surface area contributed by atoms with Crippen LogP contribution in [0.2, 0.25) is 0 Å². The molecule has 0 aromatic rings. The number of hydrogen-bond acceptors (Lipinski definition) is 4. The number of ketones is 1. The van der Waals surface area contributed by atoms with E-state index in [9.17, 15) is 9.59 Å². The number of hydrogen-bond donors (Lipinski definition) is 1. The van der Waals surface area contributed by atoms with Crippen LogP contribution in [0.1, 0.15) is 85.5 Å². The van der Waals surface area contributed by atoms with Crippen LogP contribution in [0.25, 0.3) is 0 Å². The highest BCUT2D eigenvalue weighted by atomic mass is 16.5. The highest BCUT2D eigenvalue weighted by Crippen LogP contribution is 2.29. The van der Waals surface area contributed by atoms with E-state index in [1.165, 1.54) is 25.7 Å². The Kier molecular flexibility index (Phi) is 10.6. The van der Waals surface area contributed by atoms with Gasteiger partial charge in [-0.1, -0.05) is 13.8 Å². The molecule has 1 amide bonds. The van der Waals surface area contributed by atoms with E-state index in [1.807, 2.05) is 13.8 Å². The normalized spacial score (nSPS) is 27.9. The first kappa shape index (κ1) is 24.3. The molecule has 0 atom stereocenters. The second-order valence-electron chi connectivity index (χ2n) is 9.77. The molecule has 2 aliphatic carbocycles. The second kappa shape index (κ2) is 12.7. The number of carbonyl (C=O) groups is 2. The fourth-order valence-electron chi connectivity index (χ4n) is 4.60. The lowest BCUT2D eigenvalue weighted by Gasteiger charge is -2.29. The van der Waals surface area contributed by atoms with Gasteiger partial charge in [0.25, 0.3) is 0 Å². The van der Waals surface area contributed by atoms with Gasteiger partial charge in [-0.2, -0.15) is 0 Å². The molecule has 0 spiro atoms. The summed E-state index contributed by atoms with van der Waals surface area (Å²) in [7, 11) is 0. The van der Waals surface area contributed by atoms with Gasteiger partial charge in [0.05, 0.1) is 12.7 Å². The first-order valence-corrected chi connectivity index (χ1v) is 11.9. The number of rotatable bonds is 11. The van der Waals surface area contributed by atoms with Crippen molar-refractivity contribution in [1.82, 2.24) is 5.32 Å². The average Bonchev–Trinajstić information content (AvgIpc) is 2.70. The Balaban J connectivity index is 1.50. The first-order chi connectivity index (χ1) is 13.8. The van der Waals surface area contributed by atoms with Crippen molar-refractivity contribution in [3.05, 3.63) is 0 Å². The van der Waals surface area contributed by atoms with E-state index in [0.717, 1.165) is 38.9 Å². The van der Waals surface area contributed by atoms with E-state index in [4.69, 9.17) is 9.47 Å². The van der Waals surface area contributed by atoms with Crippen molar-refractivity contribution in [1.29, 1.82) is 0 Å². The summed E-state index contributed by atoms with van der Waals surface area (Å²) in [5.74, 6) is 2.10. The summed E-state index contributed by atoms with van der Waals surface area (Å²) >= 11 is 0. The van der Waals surface area contributed by atoms with Crippen LogP contribution in [0.3, 0.4) is 0 Å². The number of nitrogens with one attached hydrogen (secondary N) is 1. The predicted molar refractivity (Wildman–Crippen MR) is 116 cm³/mol. The molecule has 0 heterocycles. The van der Waals surface area contributed by atoms with E-state index in [2.05, 4.69) is 19.2 Å². The molecule has 0 saturated heterocycles. The Hall–Kier alpha value is -0.940. The summed E-state index contributed by atoms with van der Waals surface area (Å²) in [5, 5.41) is 3.13. The molecule has 29 heavy (non-hydrogen) atoms. The zero-order chi connectivity index (χ0) is 21.2. The zero-order valence-electron chi connectivity index (χ0n) is 19.1. The topological polar surface area (TPSA) is 64.6 Å². The third-order valence-corrected chi connectivity index (χ3v) is 6.52. The smallest absolute Gasteiger partial charge is 0.222 e. The van der Waals surface area contributed by atoms with Gasteiger partial charge in [-0.3, -0.25) is 9.59 Å². The Labute approximate surface area is 177 Å². The Morgan fingerprint density at radius 2 is 1.45 bits per heavy atom. The third kappa shape index (κ3) is 9.17. The van der Waals surface area contributed by atoms with Crippen LogP contribution in [0.4, 0.5) is 0 Å². The molecule has 0 unspecified atom stereocenters. The predicted octanol–water partition coefficient (Wildman–Crippen LogP) is 4.52. The van der Waals surface area contributed by atoms with Crippen molar-refractivity contribution < 1.29 is 19.1 Å². The molecule has 5 heteroatoms. The molecule has 2 rings (SSSR count). The number of carbonyl (C=O) groups excluding carboxylic acids is 2. The SMILES string of the molecule is CC(C)OC[C@H]1CC[C@H](COCCC(=O)N[C@H]2CC[C@H](C(=O)C(C)C)CC2)CC1. The molecule has 5 nitrogen and oxygen atoms in total. The molecular weight excluding hydrogens is 366 g/mol. The molecule has 2 aliphatic rings. The van der Waals surface area contributed by atoms with Crippen LogP contribution in [0, 0.1) is 23.7 Å². The maximum Gasteiger partial charge on any atom is 0.222 e. The molecule has 1 N–H and O–H groups in total. The van der Waals surface area contributed by atoms with E-state index in [0.29, 0.717) is 36.8 Å². The average molecular weight is 410 g/mol. The summed E-state index contributed by atoms with van der Waals surface area (Å²) < 4.78 is 11.5. The van der Waals surface area contributed by atoms with Gasteiger partial charge in [-0.15, -0.1) is 0 Å². The standard InChI is InChI=1S/C24H43NO4/c1-17(2)24(27)21-9-11-22(12-10-21)25-23(26)13-14-28-15-19-5-7-20(8-6-19)16-29-18(3)4/h17-22H,5-16H2,1-4H3,(H,25,26)/t19-,20-,21-,22-. The minimum Gasteiger partial charge on any atom is -0.381 e. The van der Waals surface area contributed by atoms with E-state index < -0.39 is 0 Å². The van der Waals surface area contributed by atoms with Crippen molar-refractivity contribution >= 4 is 11.7 Å². The fourth-order valence-corrected chi connectivity index (χ4v) is 4.60. The molecule has 0 aromatic heterocycles. The molecule has 168 valence electrons. The van der Waals surface area contributed by atoms with Crippen molar-refractivity contribution in [3.8, 4) is 0 Å². The van der Waals surface area contributed by atoms with Crippen molar-refractivity contribution in [2.75, 3.05) is 19.8 Å². The van der Waals surface area contributed by atoms with Gasteiger partial charge in [0.1, 0.15) is 5.78 Å². The summed E-state index contributed by atoms with van der Waals surface area (Å²) in [4.78, 5) is 24.3. The molecule has 0 aromatic carbocycles. The van der Waals surface area contributed by atoms with Gasteiger partial charge in [0, 0.05) is 37.5 Å². The van der Waals surface area contributed by atoms with Crippen LogP contribution in [0.15, 0.2) is 0 Å². The Morgan fingerprint density at radius 3 is 2.00 bits per heavy atom. The molecule has 0 bridgehead atoms. The summed E-state index contributed by atoms with van der Waals surface area (Å²) in [5.41, 5.74) is 0. The van der Waals surface area contributed by atoms with Crippen LogP contribution in [-0.2, 0) is 19.1 Å². The summed E-state index contributed by atoms with van der Waals surface area (Å²) in [6.07, 6.45) is 9.26. The van der Waals surface area contributed by atoms with E-state index in [1.54, 1.807) is 0 Å². The van der Waals surface area contributed by atoms with Gasteiger partial charge < -0.3 is 14.8 Å². The van der Waals surface area contributed by atoms with Crippen LogP contribution in [-0.4, -0.2) is 43.7 Å². The number of amides is 1. The van der Waals surface area contributed by atoms with E-state index in [-0.39, 0.29) is 23.8 Å². The van der Waals surface area contributed by atoms with E-state index >= 15 is 0 Å². The Morgan fingerprint density at radius 1 is 0.862 bits per heavy atom. The van der Waals surface area contributed by atoms with Gasteiger partial charge in [0.15, 0.2) is 0 Å². The fraction of sp³-hybridized carbons (Fsp3) is 0.917. The maximum absolute atomic E-state index is 12.2. The monoisotopic (exact) mass is 409 g/mol. The lowest BCUT2D eigenvalue weighted by Crippen LogP contribution is -2.39. The van der Waals surface area contributed by atoms with Gasteiger partial charge in [-0.05, 0) is 77.0 Å². The highest BCUT2D eigenvalue weighted by Gasteiger charge is 2.28. The number of Topliss-reactive ketones (excluding diaryl/α,β-unsaturated/α-hetero) is 1. The summed E-state index contributed by atoms with van der Waals surface area (Å²) in [6, 6.07) is 0.224. The molecule has 2 fully saturated rings.